The number of ether oxygens (including phenoxy) is 1. The smallest absolute Gasteiger partial charge is 0.260 e. The predicted octanol–water partition coefficient (Wildman–Crippen LogP) is 4.14. The minimum Gasteiger partial charge on any atom is -0.376 e. The number of anilines is 1. The van der Waals surface area contributed by atoms with Crippen LogP contribution in [-0.2, 0) is 14.6 Å². The van der Waals surface area contributed by atoms with Gasteiger partial charge < -0.3 is 4.74 Å². The first-order valence-corrected chi connectivity index (χ1v) is 12.5. The molecule has 8 heteroatoms. The first-order chi connectivity index (χ1) is 14.2. The molecule has 1 saturated heterocycles. The average molecular weight is 445 g/mol. The number of nitrogens with zero attached hydrogens (tertiary/aromatic N) is 2. The first-order valence-electron chi connectivity index (χ1n) is 9.84. The molecule has 3 aromatic rings. The standard InChI is InChI=1S/C22H24N2O4S2/c1-14-11-15(2)20-19(12-14)23-22(29-20)24(13-17-5-4-10-28-17)21(25)16-6-8-18(9-7-16)30(3,26)27/h6-9,11-12,17H,4-5,10,13H2,1-3H3. The minimum absolute atomic E-state index is 0.0286. The summed E-state index contributed by atoms with van der Waals surface area (Å²) in [4.78, 5) is 20.0. The molecule has 0 N–H and O–H groups in total. The molecule has 1 aromatic heterocycles. The van der Waals surface area contributed by atoms with Crippen LogP contribution in [-0.4, -0.2) is 44.8 Å². The molecule has 4 rings (SSSR count). The van der Waals surface area contributed by atoms with E-state index in [1.54, 1.807) is 17.0 Å². The number of benzene rings is 2. The van der Waals surface area contributed by atoms with Gasteiger partial charge in [0.15, 0.2) is 15.0 Å². The highest BCUT2D eigenvalue weighted by molar-refractivity contribution is 7.90. The van der Waals surface area contributed by atoms with E-state index in [4.69, 9.17) is 9.72 Å². The van der Waals surface area contributed by atoms with Crippen molar-refractivity contribution in [1.82, 2.24) is 4.98 Å². The van der Waals surface area contributed by atoms with Crippen LogP contribution in [0.4, 0.5) is 5.13 Å². The zero-order chi connectivity index (χ0) is 21.5. The lowest BCUT2D eigenvalue weighted by molar-refractivity contribution is 0.0917. The van der Waals surface area contributed by atoms with Crippen molar-refractivity contribution in [1.29, 1.82) is 0 Å². The zero-order valence-corrected chi connectivity index (χ0v) is 18.8. The predicted molar refractivity (Wildman–Crippen MR) is 119 cm³/mol. The van der Waals surface area contributed by atoms with E-state index >= 15 is 0 Å². The molecule has 1 unspecified atom stereocenters. The molecule has 2 heterocycles. The Labute approximate surface area is 180 Å². The van der Waals surface area contributed by atoms with Crippen molar-refractivity contribution in [3.8, 4) is 0 Å². The van der Waals surface area contributed by atoms with E-state index < -0.39 is 9.84 Å². The summed E-state index contributed by atoms with van der Waals surface area (Å²) in [5.74, 6) is -0.209. The molecule has 0 aliphatic carbocycles. The van der Waals surface area contributed by atoms with Crippen molar-refractivity contribution in [3.05, 3.63) is 53.1 Å². The number of aromatic nitrogens is 1. The van der Waals surface area contributed by atoms with E-state index in [-0.39, 0.29) is 16.9 Å². The lowest BCUT2D eigenvalue weighted by Crippen LogP contribution is -2.37. The molecule has 0 saturated carbocycles. The maximum atomic E-state index is 13.4. The monoisotopic (exact) mass is 444 g/mol. The Morgan fingerprint density at radius 2 is 1.97 bits per heavy atom. The van der Waals surface area contributed by atoms with Crippen molar-refractivity contribution < 1.29 is 17.9 Å². The van der Waals surface area contributed by atoms with Crippen LogP contribution in [0.3, 0.4) is 0 Å². The van der Waals surface area contributed by atoms with Gasteiger partial charge in [-0.1, -0.05) is 17.4 Å². The minimum atomic E-state index is -3.32. The van der Waals surface area contributed by atoms with Crippen LogP contribution in [0.5, 0.6) is 0 Å². The third-order valence-electron chi connectivity index (χ3n) is 5.22. The lowest BCUT2D eigenvalue weighted by atomic mass is 10.1. The van der Waals surface area contributed by atoms with Gasteiger partial charge in [-0.05, 0) is 68.1 Å². The number of aryl methyl sites for hydroxylation is 2. The van der Waals surface area contributed by atoms with Crippen LogP contribution in [0.25, 0.3) is 10.2 Å². The van der Waals surface area contributed by atoms with E-state index in [1.807, 2.05) is 19.9 Å². The maximum Gasteiger partial charge on any atom is 0.260 e. The van der Waals surface area contributed by atoms with Gasteiger partial charge in [0.25, 0.3) is 5.91 Å². The van der Waals surface area contributed by atoms with Crippen molar-refractivity contribution in [2.24, 2.45) is 0 Å². The molecule has 0 spiro atoms. The first kappa shape index (κ1) is 21.0. The molecule has 1 atom stereocenters. The summed E-state index contributed by atoms with van der Waals surface area (Å²) in [5.41, 5.74) is 3.57. The van der Waals surface area contributed by atoms with Crippen molar-refractivity contribution in [2.45, 2.75) is 37.7 Å². The van der Waals surface area contributed by atoms with Crippen LogP contribution < -0.4 is 4.90 Å². The molecule has 1 fully saturated rings. The molecule has 0 radical (unpaired) electrons. The van der Waals surface area contributed by atoms with E-state index in [9.17, 15) is 13.2 Å². The van der Waals surface area contributed by atoms with Crippen LogP contribution in [0.1, 0.15) is 34.3 Å². The van der Waals surface area contributed by atoms with Crippen LogP contribution in [0.2, 0.25) is 0 Å². The van der Waals surface area contributed by atoms with Gasteiger partial charge in [0.2, 0.25) is 0 Å². The Hall–Kier alpha value is -2.29. The number of carbonyl (C=O) groups is 1. The highest BCUT2D eigenvalue weighted by Crippen LogP contribution is 2.33. The number of carbonyl (C=O) groups excluding carboxylic acids is 1. The van der Waals surface area contributed by atoms with Crippen LogP contribution >= 0.6 is 11.3 Å². The van der Waals surface area contributed by atoms with Gasteiger partial charge in [-0.3, -0.25) is 9.69 Å². The number of sulfone groups is 1. The lowest BCUT2D eigenvalue weighted by Gasteiger charge is -2.23. The van der Waals surface area contributed by atoms with E-state index in [0.29, 0.717) is 23.8 Å². The second kappa shape index (κ2) is 8.09. The fraction of sp³-hybridized carbons (Fsp3) is 0.364. The molecular weight excluding hydrogens is 420 g/mol. The van der Waals surface area contributed by atoms with Crippen molar-refractivity contribution >= 4 is 42.4 Å². The maximum absolute atomic E-state index is 13.4. The Balaban J connectivity index is 1.72. The number of amides is 1. The van der Waals surface area contributed by atoms with E-state index in [0.717, 1.165) is 40.4 Å². The molecule has 1 amide bonds. The quantitative estimate of drug-likeness (QED) is 0.591. The van der Waals surface area contributed by atoms with Crippen LogP contribution in [0.15, 0.2) is 41.3 Å². The summed E-state index contributed by atoms with van der Waals surface area (Å²) >= 11 is 1.50. The Morgan fingerprint density at radius 3 is 2.60 bits per heavy atom. The Morgan fingerprint density at radius 1 is 1.23 bits per heavy atom. The zero-order valence-electron chi connectivity index (χ0n) is 17.2. The molecule has 0 bridgehead atoms. The van der Waals surface area contributed by atoms with Gasteiger partial charge in [-0.15, -0.1) is 0 Å². The van der Waals surface area contributed by atoms with Gasteiger partial charge in [-0.2, -0.15) is 0 Å². The summed E-state index contributed by atoms with van der Waals surface area (Å²) in [6.07, 6.45) is 3.01. The normalized spacial score (nSPS) is 16.8. The molecule has 2 aromatic carbocycles. The summed E-state index contributed by atoms with van der Waals surface area (Å²) in [5, 5.41) is 0.631. The van der Waals surface area contributed by atoms with E-state index in [1.165, 1.54) is 23.5 Å². The van der Waals surface area contributed by atoms with Gasteiger partial charge in [0.1, 0.15) is 0 Å². The largest absolute Gasteiger partial charge is 0.376 e. The molecule has 30 heavy (non-hydrogen) atoms. The number of fused-ring (bicyclic) bond motifs is 1. The molecule has 158 valence electrons. The molecule has 1 aliphatic rings. The molecular formula is C22H24N2O4S2. The number of hydrogen-bond donors (Lipinski definition) is 0. The SMILES string of the molecule is Cc1cc(C)c2sc(N(CC3CCCO3)C(=O)c3ccc(S(C)(=O)=O)cc3)nc2c1. The third-order valence-corrected chi connectivity index (χ3v) is 7.58. The van der Waals surface area contributed by atoms with Gasteiger partial charge in [0, 0.05) is 18.4 Å². The second-order valence-electron chi connectivity index (χ2n) is 7.77. The van der Waals surface area contributed by atoms with E-state index in [2.05, 4.69) is 6.07 Å². The fourth-order valence-corrected chi connectivity index (χ4v) is 5.37. The van der Waals surface area contributed by atoms with Gasteiger partial charge in [0.05, 0.1) is 27.8 Å². The third kappa shape index (κ3) is 4.26. The highest BCUT2D eigenvalue weighted by Gasteiger charge is 2.27. The number of hydrogen-bond acceptors (Lipinski definition) is 6. The van der Waals surface area contributed by atoms with Crippen molar-refractivity contribution in [2.75, 3.05) is 24.3 Å². The summed E-state index contributed by atoms with van der Waals surface area (Å²) in [7, 11) is -3.32. The number of thiazole rings is 1. The summed E-state index contributed by atoms with van der Waals surface area (Å²) < 4.78 is 30.3. The molecule has 1 aliphatic heterocycles. The van der Waals surface area contributed by atoms with Gasteiger partial charge in [-0.25, -0.2) is 13.4 Å². The van der Waals surface area contributed by atoms with Crippen molar-refractivity contribution in [3.63, 3.8) is 0 Å². The topological polar surface area (TPSA) is 76.6 Å². The second-order valence-corrected chi connectivity index (χ2v) is 10.8. The molecule has 6 nitrogen and oxygen atoms in total. The highest BCUT2D eigenvalue weighted by atomic mass is 32.2. The average Bonchev–Trinajstić information content (AvgIpc) is 3.34. The van der Waals surface area contributed by atoms with Crippen LogP contribution in [0, 0.1) is 13.8 Å². The number of rotatable bonds is 5. The fourth-order valence-electron chi connectivity index (χ4n) is 3.72. The summed E-state index contributed by atoms with van der Waals surface area (Å²) in [6, 6.07) is 10.2. The Bertz CT molecular complexity index is 1190. The van der Waals surface area contributed by atoms with Gasteiger partial charge >= 0.3 is 0 Å². The Kier molecular flexibility index (Phi) is 5.65. The summed E-state index contributed by atoms with van der Waals surface area (Å²) in [6.45, 7) is 5.20.